The molecule has 0 amide bonds. The minimum Gasteiger partial charge on any atom is -0.299 e. The Balaban J connectivity index is 1.77. The van der Waals surface area contributed by atoms with E-state index in [-0.39, 0.29) is 16.7 Å². The van der Waals surface area contributed by atoms with Gasteiger partial charge in [-0.2, -0.15) is 13.2 Å². The Morgan fingerprint density at radius 3 is 2.46 bits per heavy atom. The predicted molar refractivity (Wildman–Crippen MR) is 101 cm³/mol. The number of fused-ring (bicyclic) bond motifs is 3. The third-order valence-electron chi connectivity index (χ3n) is 4.14. The topological polar surface area (TPSA) is 17.8 Å². The fourth-order valence-electron chi connectivity index (χ4n) is 2.97. The van der Waals surface area contributed by atoms with Crippen LogP contribution in [0.25, 0.3) is 33.6 Å². The van der Waals surface area contributed by atoms with E-state index in [2.05, 4.69) is 11.6 Å². The number of imidazole rings is 1. The molecule has 26 heavy (non-hydrogen) atoms. The van der Waals surface area contributed by atoms with Gasteiger partial charge in [-0.05, 0) is 59.1 Å². The summed E-state index contributed by atoms with van der Waals surface area (Å²) in [6.07, 6.45) is 3.49. The van der Waals surface area contributed by atoms with Gasteiger partial charge in [0, 0.05) is 16.0 Å². The number of alkyl halides is 3. The SMILES string of the molecule is C=Cc1ccc2c(ccc3c2ncn3-c2ccc(SC(F)(F)F)cc2)c1. The largest absolute Gasteiger partial charge is 0.446 e. The maximum atomic E-state index is 12.5. The van der Waals surface area contributed by atoms with Gasteiger partial charge in [-0.1, -0.05) is 30.9 Å². The molecule has 1 heterocycles. The van der Waals surface area contributed by atoms with Crippen molar-refractivity contribution in [2.45, 2.75) is 10.4 Å². The summed E-state index contributed by atoms with van der Waals surface area (Å²) in [5, 5.41) is 2.09. The molecule has 0 aliphatic carbocycles. The molecule has 0 spiro atoms. The molecule has 0 atom stereocenters. The summed E-state index contributed by atoms with van der Waals surface area (Å²) >= 11 is -0.117. The molecule has 6 heteroatoms. The minimum atomic E-state index is -4.29. The van der Waals surface area contributed by atoms with Gasteiger partial charge in [-0.15, -0.1) is 0 Å². The van der Waals surface area contributed by atoms with Crippen molar-refractivity contribution in [2.75, 3.05) is 0 Å². The van der Waals surface area contributed by atoms with E-state index in [0.717, 1.165) is 33.1 Å². The lowest BCUT2D eigenvalue weighted by molar-refractivity contribution is -0.0328. The predicted octanol–water partition coefficient (Wildman–Crippen LogP) is 6.43. The second-order valence-electron chi connectivity index (χ2n) is 5.77. The van der Waals surface area contributed by atoms with Crippen LogP contribution in [0, 0.1) is 0 Å². The fourth-order valence-corrected chi connectivity index (χ4v) is 3.51. The molecule has 4 aromatic rings. The van der Waals surface area contributed by atoms with E-state index in [0.29, 0.717) is 0 Å². The van der Waals surface area contributed by atoms with Crippen LogP contribution in [0.5, 0.6) is 0 Å². The molecule has 0 fully saturated rings. The summed E-state index contributed by atoms with van der Waals surface area (Å²) in [4.78, 5) is 4.67. The lowest BCUT2D eigenvalue weighted by Gasteiger charge is -2.08. The second-order valence-corrected chi connectivity index (χ2v) is 6.91. The molecule has 130 valence electrons. The van der Waals surface area contributed by atoms with E-state index in [1.54, 1.807) is 24.5 Å². The number of nitrogens with zero attached hydrogens (tertiary/aromatic N) is 2. The summed E-state index contributed by atoms with van der Waals surface area (Å²) in [6.45, 7) is 3.78. The zero-order valence-corrected chi connectivity index (χ0v) is 14.3. The van der Waals surface area contributed by atoms with Gasteiger partial charge in [0.15, 0.2) is 0 Å². The second kappa shape index (κ2) is 6.21. The Labute approximate surface area is 152 Å². The number of halogens is 3. The van der Waals surface area contributed by atoms with Crippen molar-refractivity contribution in [1.82, 2.24) is 9.55 Å². The normalized spacial score (nSPS) is 12.0. The summed E-state index contributed by atoms with van der Waals surface area (Å²) in [5.41, 5.74) is -0.728. The fraction of sp³-hybridized carbons (Fsp3) is 0.0500. The minimum absolute atomic E-state index is 0.117. The van der Waals surface area contributed by atoms with E-state index in [1.807, 2.05) is 34.9 Å². The van der Waals surface area contributed by atoms with Crippen LogP contribution in [0.2, 0.25) is 0 Å². The van der Waals surface area contributed by atoms with E-state index in [9.17, 15) is 13.2 Å². The van der Waals surface area contributed by atoms with E-state index in [1.165, 1.54) is 12.1 Å². The van der Waals surface area contributed by atoms with Crippen LogP contribution in [0.4, 0.5) is 13.2 Å². The third-order valence-corrected chi connectivity index (χ3v) is 4.88. The molecule has 1 aromatic heterocycles. The van der Waals surface area contributed by atoms with Crippen LogP contribution in [0.1, 0.15) is 5.56 Å². The van der Waals surface area contributed by atoms with Crippen LogP contribution in [-0.4, -0.2) is 15.1 Å². The molecular formula is C20H13F3N2S. The first-order valence-corrected chi connectivity index (χ1v) is 8.65. The highest BCUT2D eigenvalue weighted by Gasteiger charge is 2.29. The molecule has 0 aliphatic heterocycles. The third kappa shape index (κ3) is 3.08. The number of hydrogen-bond donors (Lipinski definition) is 0. The zero-order valence-electron chi connectivity index (χ0n) is 13.5. The van der Waals surface area contributed by atoms with Gasteiger partial charge in [0.2, 0.25) is 0 Å². The van der Waals surface area contributed by atoms with Crippen molar-refractivity contribution >= 4 is 39.6 Å². The summed E-state index contributed by atoms with van der Waals surface area (Å²) < 4.78 is 39.3. The van der Waals surface area contributed by atoms with Crippen LogP contribution in [0.3, 0.4) is 0 Å². The van der Waals surface area contributed by atoms with Gasteiger partial charge in [0.1, 0.15) is 6.33 Å². The highest BCUT2D eigenvalue weighted by Crippen LogP contribution is 2.37. The standard InChI is InChI=1S/C20H13F3N2S/c1-2-13-3-9-17-14(11-13)4-10-18-19(17)24-12-25(18)15-5-7-16(8-6-15)26-20(21,22)23/h2-12H,1H2. The van der Waals surface area contributed by atoms with Gasteiger partial charge in [-0.25, -0.2) is 4.98 Å². The maximum Gasteiger partial charge on any atom is 0.446 e. The summed E-state index contributed by atoms with van der Waals surface area (Å²) in [7, 11) is 0. The Kier molecular flexibility index (Phi) is 4.00. The van der Waals surface area contributed by atoms with Crippen molar-refractivity contribution in [3.8, 4) is 5.69 Å². The molecule has 0 saturated heterocycles. The van der Waals surface area contributed by atoms with Gasteiger partial charge in [0.25, 0.3) is 0 Å². The van der Waals surface area contributed by atoms with E-state index in [4.69, 9.17) is 0 Å². The van der Waals surface area contributed by atoms with Crippen LogP contribution >= 0.6 is 11.8 Å². The first-order valence-electron chi connectivity index (χ1n) is 7.83. The molecule has 0 unspecified atom stereocenters. The van der Waals surface area contributed by atoms with Crippen molar-refractivity contribution in [1.29, 1.82) is 0 Å². The Hall–Kier alpha value is -2.73. The Bertz CT molecular complexity index is 1110. The molecule has 2 nitrogen and oxygen atoms in total. The smallest absolute Gasteiger partial charge is 0.299 e. The highest BCUT2D eigenvalue weighted by atomic mass is 32.2. The molecule has 0 N–H and O–H groups in total. The molecule has 4 rings (SSSR count). The quantitative estimate of drug-likeness (QED) is 0.387. The molecule has 0 radical (unpaired) electrons. The summed E-state index contributed by atoms with van der Waals surface area (Å²) in [6, 6.07) is 16.3. The first-order chi connectivity index (χ1) is 12.4. The van der Waals surface area contributed by atoms with Crippen LogP contribution in [-0.2, 0) is 0 Å². The van der Waals surface area contributed by atoms with Crippen molar-refractivity contribution in [3.05, 3.63) is 73.1 Å². The zero-order chi connectivity index (χ0) is 18.3. The highest BCUT2D eigenvalue weighted by molar-refractivity contribution is 8.00. The number of thioether (sulfide) groups is 1. The monoisotopic (exact) mass is 370 g/mol. The first kappa shape index (κ1) is 16.7. The summed E-state index contributed by atoms with van der Waals surface area (Å²) in [5.74, 6) is 0. The van der Waals surface area contributed by atoms with Gasteiger partial charge in [0.05, 0.1) is 11.0 Å². The molecule has 3 aromatic carbocycles. The number of benzene rings is 3. The maximum absolute atomic E-state index is 12.5. The average molecular weight is 370 g/mol. The van der Waals surface area contributed by atoms with Crippen LogP contribution < -0.4 is 0 Å². The van der Waals surface area contributed by atoms with Gasteiger partial charge >= 0.3 is 5.51 Å². The van der Waals surface area contributed by atoms with Crippen molar-refractivity contribution in [2.24, 2.45) is 0 Å². The number of rotatable bonds is 3. The van der Waals surface area contributed by atoms with E-state index >= 15 is 0 Å². The van der Waals surface area contributed by atoms with Crippen molar-refractivity contribution in [3.63, 3.8) is 0 Å². The molecule has 0 bridgehead atoms. The molecular weight excluding hydrogens is 357 g/mol. The average Bonchev–Trinajstić information content (AvgIpc) is 3.05. The van der Waals surface area contributed by atoms with Gasteiger partial charge in [-0.3, -0.25) is 4.57 Å². The lowest BCUT2D eigenvalue weighted by atomic mass is 10.1. The molecule has 0 saturated carbocycles. The molecule has 0 aliphatic rings. The van der Waals surface area contributed by atoms with E-state index < -0.39 is 5.51 Å². The lowest BCUT2D eigenvalue weighted by Crippen LogP contribution is -1.99. The number of aromatic nitrogens is 2. The van der Waals surface area contributed by atoms with Crippen molar-refractivity contribution < 1.29 is 13.2 Å². The number of hydrogen-bond acceptors (Lipinski definition) is 2. The van der Waals surface area contributed by atoms with Gasteiger partial charge < -0.3 is 0 Å². The Morgan fingerprint density at radius 1 is 1.00 bits per heavy atom. The Morgan fingerprint density at radius 2 is 1.77 bits per heavy atom. The van der Waals surface area contributed by atoms with Crippen LogP contribution in [0.15, 0.2) is 72.4 Å².